The molecule has 0 saturated carbocycles. The topological polar surface area (TPSA) is 20.2 Å². The highest BCUT2D eigenvalue weighted by atomic mass is 28.3. The Bertz CT molecular complexity index is 508. The minimum Gasteiger partial charge on any atom is -0.390 e. The van der Waals surface area contributed by atoms with Gasteiger partial charge >= 0.3 is 0 Å². The number of rotatable bonds is 2. The van der Waals surface area contributed by atoms with Crippen molar-refractivity contribution in [3.05, 3.63) is 60.7 Å². The van der Waals surface area contributed by atoms with Crippen molar-refractivity contribution in [2.24, 2.45) is 0 Å². The molecule has 2 heteroatoms. The maximum atomic E-state index is 10.5. The molecule has 0 spiro atoms. The Balaban J connectivity index is 2.13. The molecule has 0 radical (unpaired) electrons. The largest absolute Gasteiger partial charge is 0.390 e. The Morgan fingerprint density at radius 3 is 1.74 bits per heavy atom. The van der Waals surface area contributed by atoms with E-state index in [9.17, 15) is 5.11 Å². The Morgan fingerprint density at radius 1 is 0.895 bits per heavy atom. The Kier molecular flexibility index (Phi) is 3.07. The van der Waals surface area contributed by atoms with Crippen LogP contribution in [0.4, 0.5) is 0 Å². The van der Waals surface area contributed by atoms with Gasteiger partial charge in [0.1, 0.15) is 8.07 Å². The van der Waals surface area contributed by atoms with Gasteiger partial charge in [-0.1, -0.05) is 71.0 Å². The molecule has 1 fully saturated rings. The Labute approximate surface area is 115 Å². The van der Waals surface area contributed by atoms with E-state index in [-0.39, 0.29) is 0 Å². The summed E-state index contributed by atoms with van der Waals surface area (Å²) in [6.07, 6.45) is 0.920. The summed E-state index contributed by atoms with van der Waals surface area (Å²) in [4.78, 5) is 0. The van der Waals surface area contributed by atoms with Crippen LogP contribution in [-0.2, 0) is 0 Å². The van der Waals surface area contributed by atoms with E-state index in [1.165, 1.54) is 10.4 Å². The second-order valence-electron chi connectivity index (χ2n) is 5.99. The highest BCUT2D eigenvalue weighted by molar-refractivity contribution is 7.02. The lowest BCUT2D eigenvalue weighted by atomic mass is 10.1. The molecule has 1 nitrogen and oxygen atoms in total. The summed E-state index contributed by atoms with van der Waals surface area (Å²) >= 11 is 0. The highest BCUT2D eigenvalue weighted by Crippen LogP contribution is 2.37. The van der Waals surface area contributed by atoms with Gasteiger partial charge in [-0.05, 0) is 25.4 Å². The first-order valence-electron chi connectivity index (χ1n) is 6.96. The molecule has 1 N–H and O–H groups in total. The second-order valence-corrected chi connectivity index (χ2v) is 10.2. The average molecular weight is 268 g/mol. The van der Waals surface area contributed by atoms with Crippen molar-refractivity contribution in [3.63, 3.8) is 0 Å². The number of benzene rings is 2. The summed E-state index contributed by atoms with van der Waals surface area (Å²) in [5.74, 6) is 0. The van der Waals surface area contributed by atoms with E-state index in [0.717, 1.165) is 18.5 Å². The predicted octanol–water partition coefficient (Wildman–Crippen LogP) is 2.40. The molecular weight excluding hydrogens is 248 g/mol. The lowest BCUT2D eigenvalue weighted by Crippen LogP contribution is -2.57. The van der Waals surface area contributed by atoms with Gasteiger partial charge < -0.3 is 5.11 Å². The molecule has 1 aliphatic rings. The minimum atomic E-state index is -1.77. The van der Waals surface area contributed by atoms with Gasteiger partial charge in [0.05, 0.1) is 5.60 Å². The fourth-order valence-electron chi connectivity index (χ4n) is 3.48. The minimum absolute atomic E-state index is 0.502. The van der Waals surface area contributed by atoms with Crippen LogP contribution in [0, 0.1) is 0 Å². The summed E-state index contributed by atoms with van der Waals surface area (Å²) in [6, 6.07) is 23.7. The third-order valence-corrected chi connectivity index (χ3v) is 9.77. The molecule has 0 aromatic heterocycles. The number of hydrogen-bond donors (Lipinski definition) is 1. The van der Waals surface area contributed by atoms with E-state index in [2.05, 4.69) is 60.7 Å². The van der Waals surface area contributed by atoms with Crippen LogP contribution in [0.2, 0.25) is 12.1 Å². The van der Waals surface area contributed by atoms with Gasteiger partial charge in [0.2, 0.25) is 0 Å². The van der Waals surface area contributed by atoms with Crippen molar-refractivity contribution in [1.29, 1.82) is 0 Å². The van der Waals surface area contributed by atoms with E-state index >= 15 is 0 Å². The van der Waals surface area contributed by atoms with Crippen molar-refractivity contribution >= 4 is 18.4 Å². The first-order chi connectivity index (χ1) is 9.12. The molecule has 0 bridgehead atoms. The molecule has 1 heterocycles. The Hall–Kier alpha value is -1.38. The molecule has 2 aromatic rings. The van der Waals surface area contributed by atoms with Crippen molar-refractivity contribution in [1.82, 2.24) is 0 Å². The van der Waals surface area contributed by atoms with Gasteiger partial charge in [-0.2, -0.15) is 0 Å². The van der Waals surface area contributed by atoms with E-state index in [4.69, 9.17) is 0 Å². The summed E-state index contributed by atoms with van der Waals surface area (Å²) < 4.78 is 0. The van der Waals surface area contributed by atoms with Crippen LogP contribution in [-0.4, -0.2) is 18.8 Å². The fraction of sp³-hybridized carbons (Fsp3) is 0.294. The van der Waals surface area contributed by atoms with E-state index in [1.54, 1.807) is 0 Å². The molecule has 2 aromatic carbocycles. The van der Waals surface area contributed by atoms with Crippen molar-refractivity contribution in [2.75, 3.05) is 0 Å². The predicted molar refractivity (Wildman–Crippen MR) is 82.8 cm³/mol. The monoisotopic (exact) mass is 268 g/mol. The SMILES string of the molecule is CC1(O)CC[Si](c2ccccc2)(c2ccccc2)C1. The van der Waals surface area contributed by atoms with Gasteiger partial charge in [-0.25, -0.2) is 0 Å². The third-order valence-electron chi connectivity index (χ3n) is 4.43. The molecule has 3 rings (SSSR count). The normalized spacial score (nSPS) is 25.4. The molecule has 1 aliphatic heterocycles. The molecular formula is C17H20OSi. The molecule has 1 saturated heterocycles. The van der Waals surface area contributed by atoms with Crippen LogP contribution in [0.5, 0.6) is 0 Å². The number of aliphatic hydroxyl groups is 1. The summed E-state index contributed by atoms with van der Waals surface area (Å²) in [5.41, 5.74) is -0.502. The molecule has 1 unspecified atom stereocenters. The van der Waals surface area contributed by atoms with Crippen molar-refractivity contribution < 1.29 is 5.11 Å². The fourth-order valence-corrected chi connectivity index (χ4v) is 9.08. The van der Waals surface area contributed by atoms with Crippen LogP contribution < -0.4 is 10.4 Å². The maximum absolute atomic E-state index is 10.5. The van der Waals surface area contributed by atoms with Crippen LogP contribution in [0.3, 0.4) is 0 Å². The zero-order valence-electron chi connectivity index (χ0n) is 11.3. The van der Waals surface area contributed by atoms with Crippen LogP contribution in [0.15, 0.2) is 60.7 Å². The molecule has 1 atom stereocenters. The molecule has 98 valence electrons. The second kappa shape index (κ2) is 4.62. The smallest absolute Gasteiger partial charge is 0.121 e. The quantitative estimate of drug-likeness (QED) is 0.829. The molecule has 19 heavy (non-hydrogen) atoms. The molecule has 0 aliphatic carbocycles. The molecule has 0 amide bonds. The standard InChI is InChI=1S/C17H20OSi/c1-17(18)12-13-19(14-17,15-8-4-2-5-9-15)16-10-6-3-7-11-16/h2-11,18H,12-14H2,1H3. The first-order valence-corrected chi connectivity index (χ1v) is 9.37. The maximum Gasteiger partial charge on any atom is 0.121 e. The van der Waals surface area contributed by atoms with Crippen molar-refractivity contribution in [2.45, 2.75) is 31.0 Å². The summed E-state index contributed by atoms with van der Waals surface area (Å²) in [6.45, 7) is 1.99. The number of hydrogen-bond acceptors (Lipinski definition) is 1. The third kappa shape index (κ3) is 2.26. The van der Waals surface area contributed by atoms with Crippen LogP contribution in [0.1, 0.15) is 13.3 Å². The van der Waals surface area contributed by atoms with Gasteiger partial charge in [0, 0.05) is 0 Å². The lowest BCUT2D eigenvalue weighted by molar-refractivity contribution is 0.0848. The van der Waals surface area contributed by atoms with E-state index in [1.807, 2.05) is 6.92 Å². The van der Waals surface area contributed by atoms with Gasteiger partial charge in [0.15, 0.2) is 0 Å². The van der Waals surface area contributed by atoms with Gasteiger partial charge in [0.25, 0.3) is 0 Å². The average Bonchev–Trinajstić information content (AvgIpc) is 2.78. The van der Waals surface area contributed by atoms with Gasteiger partial charge in [-0.3, -0.25) is 0 Å². The van der Waals surface area contributed by atoms with Gasteiger partial charge in [-0.15, -0.1) is 0 Å². The van der Waals surface area contributed by atoms with Crippen molar-refractivity contribution in [3.8, 4) is 0 Å². The zero-order valence-corrected chi connectivity index (χ0v) is 12.3. The van der Waals surface area contributed by atoms with E-state index in [0.29, 0.717) is 0 Å². The van der Waals surface area contributed by atoms with E-state index < -0.39 is 13.7 Å². The Morgan fingerprint density at radius 2 is 1.37 bits per heavy atom. The zero-order chi connectivity index (χ0) is 13.3. The van der Waals surface area contributed by atoms with Crippen LogP contribution >= 0.6 is 0 Å². The summed E-state index contributed by atoms with van der Waals surface area (Å²) in [5, 5.41) is 13.4. The van der Waals surface area contributed by atoms with Crippen LogP contribution in [0.25, 0.3) is 0 Å². The lowest BCUT2D eigenvalue weighted by Gasteiger charge is -2.29. The highest BCUT2D eigenvalue weighted by Gasteiger charge is 2.48. The first kappa shape index (κ1) is 12.6. The summed E-state index contributed by atoms with van der Waals surface area (Å²) in [7, 11) is -1.77.